The number of hydrogen-bond acceptors (Lipinski definition) is 6. The van der Waals surface area contributed by atoms with Gasteiger partial charge >= 0.3 is 13.2 Å². The molecule has 3 aromatic rings. The average Bonchev–Trinajstić information content (AvgIpc) is 2.84. The first-order valence-electron chi connectivity index (χ1n) is 10.9. The van der Waals surface area contributed by atoms with Gasteiger partial charge in [0.2, 0.25) is 0 Å². The molecule has 0 aliphatic carbocycles. The van der Waals surface area contributed by atoms with Crippen molar-refractivity contribution in [1.29, 1.82) is 5.26 Å². The second-order valence-electron chi connectivity index (χ2n) is 7.87. The van der Waals surface area contributed by atoms with Crippen LogP contribution in [0.3, 0.4) is 0 Å². The number of nitriles is 1. The fourth-order valence-corrected chi connectivity index (χ4v) is 3.35. The van der Waals surface area contributed by atoms with Crippen molar-refractivity contribution in [3.63, 3.8) is 0 Å². The molecule has 0 saturated heterocycles. The molecule has 1 atom stereocenters. The van der Waals surface area contributed by atoms with Crippen LogP contribution in [-0.2, 0) is 17.6 Å². The molecule has 172 valence electrons. The van der Waals surface area contributed by atoms with Gasteiger partial charge < -0.3 is 20.1 Å². The van der Waals surface area contributed by atoms with Gasteiger partial charge in [-0.15, -0.1) is 0 Å². The second-order valence-corrected chi connectivity index (χ2v) is 7.87. The van der Waals surface area contributed by atoms with Crippen LogP contribution in [0.5, 0.6) is 0 Å². The van der Waals surface area contributed by atoms with Crippen LogP contribution in [0.15, 0.2) is 72.9 Å². The Kier molecular flexibility index (Phi) is 8.98. The van der Waals surface area contributed by atoms with Gasteiger partial charge in [-0.2, -0.15) is 5.26 Å². The normalized spacial score (nSPS) is 11.9. The SMILES string of the molecule is Cc1ccc(C[C@H](NC(=O)OCCc2cccc(C=C(C#N)c3ccccn3)c2)B(O)O)cc1. The number of nitrogens with one attached hydrogen (secondary N) is 1. The molecular weight excluding hydrogens is 429 g/mol. The minimum Gasteiger partial charge on any atom is -0.449 e. The third-order valence-electron chi connectivity index (χ3n) is 5.19. The molecule has 2 aromatic carbocycles. The molecular formula is C26H26BN3O4. The number of carbonyl (C=O) groups is 1. The molecule has 3 N–H and O–H groups in total. The number of aryl methyl sites for hydroxylation is 1. The van der Waals surface area contributed by atoms with Gasteiger partial charge in [0, 0.05) is 12.6 Å². The van der Waals surface area contributed by atoms with Gasteiger partial charge in [0.1, 0.15) is 6.07 Å². The van der Waals surface area contributed by atoms with E-state index >= 15 is 0 Å². The zero-order valence-corrected chi connectivity index (χ0v) is 18.9. The van der Waals surface area contributed by atoms with Gasteiger partial charge in [0.05, 0.1) is 23.8 Å². The average molecular weight is 455 g/mol. The lowest BCUT2D eigenvalue weighted by atomic mass is 9.76. The van der Waals surface area contributed by atoms with Gasteiger partial charge in [0.15, 0.2) is 0 Å². The van der Waals surface area contributed by atoms with Crippen LogP contribution < -0.4 is 5.32 Å². The number of benzene rings is 2. The summed E-state index contributed by atoms with van der Waals surface area (Å²) in [5.41, 5.74) is 4.79. The van der Waals surface area contributed by atoms with Crippen LogP contribution in [0.2, 0.25) is 0 Å². The Morgan fingerprint density at radius 2 is 1.94 bits per heavy atom. The van der Waals surface area contributed by atoms with Crippen molar-refractivity contribution in [2.75, 3.05) is 6.61 Å². The van der Waals surface area contributed by atoms with Crippen molar-refractivity contribution in [2.24, 2.45) is 0 Å². The summed E-state index contributed by atoms with van der Waals surface area (Å²) in [6.07, 6.45) is 3.41. The van der Waals surface area contributed by atoms with E-state index in [0.29, 0.717) is 17.7 Å². The van der Waals surface area contributed by atoms with E-state index in [4.69, 9.17) is 4.74 Å². The van der Waals surface area contributed by atoms with Crippen molar-refractivity contribution in [2.45, 2.75) is 25.7 Å². The highest BCUT2D eigenvalue weighted by molar-refractivity contribution is 6.43. The van der Waals surface area contributed by atoms with Crippen LogP contribution in [0, 0.1) is 18.3 Å². The largest absolute Gasteiger partial charge is 0.475 e. The fourth-order valence-electron chi connectivity index (χ4n) is 3.35. The second kappa shape index (κ2) is 12.4. The Morgan fingerprint density at radius 1 is 1.15 bits per heavy atom. The van der Waals surface area contributed by atoms with Crippen molar-refractivity contribution in [3.8, 4) is 6.07 Å². The predicted molar refractivity (Wildman–Crippen MR) is 131 cm³/mol. The molecule has 0 bridgehead atoms. The lowest BCUT2D eigenvalue weighted by molar-refractivity contribution is 0.144. The molecule has 8 heteroatoms. The number of ether oxygens (including phenoxy) is 1. The molecule has 1 amide bonds. The first-order chi connectivity index (χ1) is 16.4. The van der Waals surface area contributed by atoms with E-state index in [9.17, 15) is 20.1 Å². The molecule has 0 saturated carbocycles. The van der Waals surface area contributed by atoms with Crippen LogP contribution in [0.1, 0.15) is 27.9 Å². The summed E-state index contributed by atoms with van der Waals surface area (Å²) in [5.74, 6) is -0.889. The Bertz CT molecular complexity index is 1160. The number of nitrogens with zero attached hydrogens (tertiary/aromatic N) is 2. The molecule has 0 fully saturated rings. The Morgan fingerprint density at radius 3 is 2.62 bits per heavy atom. The summed E-state index contributed by atoms with van der Waals surface area (Å²) in [7, 11) is -1.72. The molecule has 0 radical (unpaired) electrons. The van der Waals surface area contributed by atoms with E-state index in [1.807, 2.05) is 61.5 Å². The van der Waals surface area contributed by atoms with Crippen LogP contribution in [-0.4, -0.2) is 40.8 Å². The predicted octanol–water partition coefficient (Wildman–Crippen LogP) is 3.35. The summed E-state index contributed by atoms with van der Waals surface area (Å²) in [6, 6.07) is 22.8. The maximum Gasteiger partial charge on any atom is 0.475 e. The molecule has 0 unspecified atom stereocenters. The summed E-state index contributed by atoms with van der Waals surface area (Å²) in [6.45, 7) is 2.08. The topological polar surface area (TPSA) is 115 Å². The lowest BCUT2D eigenvalue weighted by Gasteiger charge is -2.18. The number of aromatic nitrogens is 1. The van der Waals surface area contributed by atoms with E-state index in [-0.39, 0.29) is 13.0 Å². The fraction of sp³-hybridized carbons (Fsp3) is 0.192. The molecule has 0 spiro atoms. The van der Waals surface area contributed by atoms with Crippen molar-refractivity contribution < 1.29 is 19.6 Å². The van der Waals surface area contributed by atoms with Gasteiger partial charge in [-0.05, 0) is 48.2 Å². The Labute approximate surface area is 199 Å². The maximum absolute atomic E-state index is 12.2. The minimum atomic E-state index is -1.72. The van der Waals surface area contributed by atoms with E-state index in [1.165, 1.54) is 0 Å². The summed E-state index contributed by atoms with van der Waals surface area (Å²) in [5, 5.41) is 31.3. The van der Waals surface area contributed by atoms with Crippen LogP contribution in [0.25, 0.3) is 11.6 Å². The zero-order chi connectivity index (χ0) is 24.3. The van der Waals surface area contributed by atoms with Crippen molar-refractivity contribution in [1.82, 2.24) is 10.3 Å². The molecule has 0 aliphatic rings. The summed E-state index contributed by atoms with van der Waals surface area (Å²) in [4.78, 5) is 16.4. The highest BCUT2D eigenvalue weighted by Crippen LogP contribution is 2.17. The highest BCUT2D eigenvalue weighted by atomic mass is 16.5. The highest BCUT2D eigenvalue weighted by Gasteiger charge is 2.26. The lowest BCUT2D eigenvalue weighted by Crippen LogP contribution is -2.48. The van der Waals surface area contributed by atoms with Crippen molar-refractivity contribution in [3.05, 3.63) is 101 Å². The molecule has 0 aliphatic heterocycles. The maximum atomic E-state index is 12.2. The van der Waals surface area contributed by atoms with Gasteiger partial charge in [-0.1, -0.05) is 60.2 Å². The van der Waals surface area contributed by atoms with Gasteiger partial charge in [-0.3, -0.25) is 4.98 Å². The molecule has 3 rings (SSSR count). The van der Waals surface area contributed by atoms with Crippen LogP contribution in [0.4, 0.5) is 4.79 Å². The minimum absolute atomic E-state index is 0.114. The Balaban J connectivity index is 1.54. The number of allylic oxidation sites excluding steroid dienone is 1. The van der Waals surface area contributed by atoms with Gasteiger partial charge in [-0.25, -0.2) is 4.79 Å². The van der Waals surface area contributed by atoms with E-state index in [1.54, 1.807) is 24.4 Å². The van der Waals surface area contributed by atoms with Gasteiger partial charge in [0.25, 0.3) is 0 Å². The monoisotopic (exact) mass is 455 g/mol. The zero-order valence-electron chi connectivity index (χ0n) is 18.9. The number of alkyl carbamates (subject to hydrolysis) is 1. The molecule has 1 heterocycles. The third kappa shape index (κ3) is 7.59. The summed E-state index contributed by atoms with van der Waals surface area (Å²) < 4.78 is 5.24. The number of amides is 1. The number of carbonyl (C=O) groups excluding carboxylic acids is 1. The first-order valence-corrected chi connectivity index (χ1v) is 10.9. The number of rotatable bonds is 9. The number of pyridine rings is 1. The van der Waals surface area contributed by atoms with E-state index in [2.05, 4.69) is 16.4 Å². The van der Waals surface area contributed by atoms with Crippen LogP contribution >= 0.6 is 0 Å². The van der Waals surface area contributed by atoms with E-state index in [0.717, 1.165) is 22.3 Å². The number of hydrogen-bond donors (Lipinski definition) is 3. The summed E-state index contributed by atoms with van der Waals surface area (Å²) >= 11 is 0. The molecule has 1 aromatic heterocycles. The first kappa shape index (κ1) is 24.7. The third-order valence-corrected chi connectivity index (χ3v) is 5.19. The molecule has 7 nitrogen and oxygen atoms in total. The molecule has 34 heavy (non-hydrogen) atoms. The van der Waals surface area contributed by atoms with E-state index < -0.39 is 19.2 Å². The quantitative estimate of drug-likeness (QED) is 0.337. The van der Waals surface area contributed by atoms with Crippen molar-refractivity contribution >= 4 is 24.9 Å². The smallest absolute Gasteiger partial charge is 0.449 e. The Hall–Kier alpha value is -3.93. The standard InChI is InChI=1S/C26H26BN3O4/c1-19-8-10-21(11-9-19)17-25(27(32)33)30-26(31)34-14-12-20-5-4-6-22(15-20)16-23(18-28)24-7-2-3-13-29-24/h2-11,13,15-16,25,32-33H,12,14,17H2,1H3,(H,30,31)/t25-/m0/s1.